The standard InChI is InChI=1S/C21H17F4N3O2/c22-19-11-17(3-4-18(19)21(23,24)25)30-16-2-1-13-6-8-28(12-14(13)9-16)20(29)10-15-5-7-26-27-15/h1-5,7,9,11H,6,8,10,12H2,(H,26,27). The van der Waals surface area contributed by atoms with Crippen LogP contribution < -0.4 is 4.74 Å². The molecule has 1 aromatic heterocycles. The van der Waals surface area contributed by atoms with Crippen LogP contribution in [0.1, 0.15) is 22.4 Å². The molecule has 0 radical (unpaired) electrons. The second-order valence-corrected chi connectivity index (χ2v) is 7.00. The summed E-state index contributed by atoms with van der Waals surface area (Å²) in [6.07, 6.45) is -2.28. The van der Waals surface area contributed by atoms with Crippen LogP contribution in [0.3, 0.4) is 0 Å². The Hall–Kier alpha value is -3.36. The fourth-order valence-electron chi connectivity index (χ4n) is 3.39. The molecule has 0 saturated carbocycles. The first-order valence-electron chi connectivity index (χ1n) is 9.22. The van der Waals surface area contributed by atoms with Gasteiger partial charge in [0.15, 0.2) is 0 Å². The highest BCUT2D eigenvalue weighted by Gasteiger charge is 2.34. The number of halogens is 4. The van der Waals surface area contributed by atoms with Crippen LogP contribution in [-0.4, -0.2) is 27.5 Å². The average molecular weight is 419 g/mol. The summed E-state index contributed by atoms with van der Waals surface area (Å²) in [5.74, 6) is -1.12. The van der Waals surface area contributed by atoms with Gasteiger partial charge in [-0.25, -0.2) is 4.39 Å². The Labute approximate surface area is 169 Å². The van der Waals surface area contributed by atoms with Gasteiger partial charge in [-0.1, -0.05) is 6.07 Å². The highest BCUT2D eigenvalue weighted by Crippen LogP contribution is 2.34. The number of nitrogens with one attached hydrogen (secondary N) is 1. The van der Waals surface area contributed by atoms with Crippen molar-refractivity contribution in [3.05, 3.63) is 76.9 Å². The molecule has 9 heteroatoms. The van der Waals surface area contributed by atoms with E-state index >= 15 is 0 Å². The number of benzene rings is 2. The van der Waals surface area contributed by atoms with Crippen molar-refractivity contribution in [2.75, 3.05) is 6.54 Å². The first kappa shape index (κ1) is 19.9. The van der Waals surface area contributed by atoms with Crippen molar-refractivity contribution >= 4 is 5.91 Å². The molecule has 1 N–H and O–H groups in total. The van der Waals surface area contributed by atoms with Crippen LogP contribution in [0.4, 0.5) is 17.6 Å². The van der Waals surface area contributed by atoms with E-state index in [1.54, 1.807) is 29.3 Å². The summed E-state index contributed by atoms with van der Waals surface area (Å²) in [5, 5.41) is 6.59. The van der Waals surface area contributed by atoms with Gasteiger partial charge in [0.1, 0.15) is 17.3 Å². The summed E-state index contributed by atoms with van der Waals surface area (Å²) in [6.45, 7) is 0.977. The lowest BCUT2D eigenvalue weighted by atomic mass is 9.99. The number of alkyl halides is 3. The zero-order valence-electron chi connectivity index (χ0n) is 15.7. The van der Waals surface area contributed by atoms with Gasteiger partial charge >= 0.3 is 6.18 Å². The third-order valence-corrected chi connectivity index (χ3v) is 4.92. The first-order chi connectivity index (χ1) is 14.3. The zero-order valence-corrected chi connectivity index (χ0v) is 15.7. The minimum Gasteiger partial charge on any atom is -0.457 e. The van der Waals surface area contributed by atoms with E-state index in [0.717, 1.165) is 22.9 Å². The summed E-state index contributed by atoms with van der Waals surface area (Å²) < 4.78 is 57.4. The average Bonchev–Trinajstić information content (AvgIpc) is 3.19. The SMILES string of the molecule is O=C(Cc1ccn[nH]1)N1CCc2ccc(Oc3ccc(C(F)(F)F)c(F)c3)cc2C1. The van der Waals surface area contributed by atoms with Gasteiger partial charge < -0.3 is 9.64 Å². The van der Waals surface area contributed by atoms with Gasteiger partial charge in [0.05, 0.1) is 12.0 Å². The van der Waals surface area contributed by atoms with Crippen molar-refractivity contribution in [3.8, 4) is 11.5 Å². The molecule has 0 aliphatic carbocycles. The quantitative estimate of drug-likeness (QED) is 0.634. The predicted octanol–water partition coefficient (Wildman–Crippen LogP) is 4.49. The second kappa shape index (κ2) is 7.81. The molecule has 0 unspecified atom stereocenters. The molecule has 156 valence electrons. The molecule has 0 saturated heterocycles. The summed E-state index contributed by atoms with van der Waals surface area (Å²) in [7, 11) is 0. The summed E-state index contributed by atoms with van der Waals surface area (Å²) >= 11 is 0. The number of fused-ring (bicyclic) bond motifs is 1. The van der Waals surface area contributed by atoms with Crippen molar-refractivity contribution in [2.24, 2.45) is 0 Å². The van der Waals surface area contributed by atoms with Crippen LogP contribution >= 0.6 is 0 Å². The van der Waals surface area contributed by atoms with Gasteiger partial charge in [-0.3, -0.25) is 9.89 Å². The van der Waals surface area contributed by atoms with E-state index in [0.29, 0.717) is 37.4 Å². The third kappa shape index (κ3) is 4.29. The normalized spacial score (nSPS) is 13.8. The number of ether oxygens (including phenoxy) is 1. The molecule has 30 heavy (non-hydrogen) atoms. The second-order valence-electron chi connectivity index (χ2n) is 7.00. The number of carbonyl (C=O) groups is 1. The monoisotopic (exact) mass is 419 g/mol. The van der Waals surface area contributed by atoms with Crippen molar-refractivity contribution in [2.45, 2.75) is 25.6 Å². The molecule has 0 fully saturated rings. The molecule has 2 aromatic carbocycles. The van der Waals surface area contributed by atoms with Crippen LogP contribution in [0.15, 0.2) is 48.7 Å². The van der Waals surface area contributed by atoms with Crippen LogP contribution in [0.5, 0.6) is 11.5 Å². The largest absolute Gasteiger partial charge is 0.457 e. The van der Waals surface area contributed by atoms with Crippen LogP contribution in [0.2, 0.25) is 0 Å². The highest BCUT2D eigenvalue weighted by molar-refractivity contribution is 5.78. The number of H-pyrrole nitrogens is 1. The van der Waals surface area contributed by atoms with E-state index in [-0.39, 0.29) is 18.1 Å². The number of hydrogen-bond acceptors (Lipinski definition) is 3. The topological polar surface area (TPSA) is 58.2 Å². The lowest BCUT2D eigenvalue weighted by Gasteiger charge is -2.29. The Morgan fingerprint density at radius 2 is 1.87 bits per heavy atom. The molecule has 0 atom stereocenters. The number of rotatable bonds is 4. The van der Waals surface area contributed by atoms with E-state index in [4.69, 9.17) is 4.74 Å². The van der Waals surface area contributed by atoms with Crippen LogP contribution in [0, 0.1) is 5.82 Å². The Balaban J connectivity index is 1.48. The third-order valence-electron chi connectivity index (χ3n) is 4.92. The van der Waals surface area contributed by atoms with E-state index in [2.05, 4.69) is 10.2 Å². The van der Waals surface area contributed by atoms with Gasteiger partial charge in [-0.05, 0) is 47.9 Å². The molecular weight excluding hydrogens is 402 g/mol. The lowest BCUT2D eigenvalue weighted by molar-refractivity contribution is -0.140. The van der Waals surface area contributed by atoms with Crippen molar-refractivity contribution in [1.82, 2.24) is 15.1 Å². The molecule has 0 bridgehead atoms. The van der Waals surface area contributed by atoms with Crippen molar-refractivity contribution in [1.29, 1.82) is 0 Å². The highest BCUT2D eigenvalue weighted by atomic mass is 19.4. The summed E-state index contributed by atoms with van der Waals surface area (Å²) in [4.78, 5) is 14.2. The Kier molecular flexibility index (Phi) is 5.19. The number of carbonyl (C=O) groups excluding carboxylic acids is 1. The van der Waals surface area contributed by atoms with Gasteiger partial charge in [-0.2, -0.15) is 18.3 Å². The lowest BCUT2D eigenvalue weighted by Crippen LogP contribution is -2.37. The number of aromatic amines is 1. The van der Waals surface area contributed by atoms with Crippen molar-refractivity contribution in [3.63, 3.8) is 0 Å². The molecule has 1 amide bonds. The summed E-state index contributed by atoms with van der Waals surface area (Å²) in [5.41, 5.74) is 1.33. The molecule has 5 nitrogen and oxygen atoms in total. The summed E-state index contributed by atoms with van der Waals surface area (Å²) in [6, 6.07) is 9.43. The van der Waals surface area contributed by atoms with Crippen molar-refractivity contribution < 1.29 is 27.1 Å². The fourth-order valence-corrected chi connectivity index (χ4v) is 3.39. The molecular formula is C21H17F4N3O2. The van der Waals surface area contributed by atoms with Gasteiger partial charge in [0.2, 0.25) is 5.91 Å². The smallest absolute Gasteiger partial charge is 0.419 e. The maximum atomic E-state index is 13.8. The molecule has 4 rings (SSSR count). The van der Waals surface area contributed by atoms with E-state index in [1.807, 2.05) is 6.07 Å². The molecule has 2 heterocycles. The maximum Gasteiger partial charge on any atom is 0.419 e. The van der Waals surface area contributed by atoms with Crippen LogP contribution in [0.25, 0.3) is 0 Å². The molecule has 0 spiro atoms. The van der Waals surface area contributed by atoms with E-state index in [1.165, 1.54) is 0 Å². The van der Waals surface area contributed by atoms with E-state index in [9.17, 15) is 22.4 Å². The zero-order chi connectivity index (χ0) is 21.3. The fraction of sp³-hybridized carbons (Fsp3) is 0.238. The van der Waals surface area contributed by atoms with Crippen LogP contribution in [-0.2, 0) is 30.4 Å². The maximum absolute atomic E-state index is 13.8. The molecule has 1 aliphatic rings. The number of aromatic nitrogens is 2. The van der Waals surface area contributed by atoms with Gasteiger partial charge in [-0.15, -0.1) is 0 Å². The number of amides is 1. The van der Waals surface area contributed by atoms with E-state index < -0.39 is 17.6 Å². The van der Waals surface area contributed by atoms with Gasteiger partial charge in [0, 0.05) is 31.0 Å². The van der Waals surface area contributed by atoms with Gasteiger partial charge in [0.25, 0.3) is 0 Å². The molecule has 1 aliphatic heterocycles. The predicted molar refractivity (Wildman–Crippen MR) is 99.3 cm³/mol. The number of hydrogen-bond donors (Lipinski definition) is 1. The Morgan fingerprint density at radius 1 is 1.10 bits per heavy atom. The minimum absolute atomic E-state index is 0.0385. The Bertz CT molecular complexity index is 1060. The molecule has 3 aromatic rings. The first-order valence-corrected chi connectivity index (χ1v) is 9.22. The number of nitrogens with zero attached hydrogens (tertiary/aromatic N) is 2. The minimum atomic E-state index is -4.76. The Morgan fingerprint density at radius 3 is 2.57 bits per heavy atom.